The van der Waals surface area contributed by atoms with Crippen LogP contribution in [0.2, 0.25) is 0 Å². The standard InChI is InChI=1S/C24H24FNO2/c1-24(2)14-20-17-7-5-4-6-16(17)13-19(20)23(26-24)18-10-8-15(12-21(18)25)9-11-22(27)28-3/h4-12,23,26H,13-14H2,1-3H3/b11-9+. The van der Waals surface area contributed by atoms with E-state index in [1.807, 2.05) is 12.1 Å². The molecular formula is C24H24FNO2. The van der Waals surface area contributed by atoms with Crippen molar-refractivity contribution < 1.29 is 13.9 Å². The number of fused-ring (bicyclic) bond motifs is 2. The highest BCUT2D eigenvalue weighted by Crippen LogP contribution is 2.47. The minimum absolute atomic E-state index is 0.128. The van der Waals surface area contributed by atoms with Gasteiger partial charge in [-0.3, -0.25) is 0 Å². The molecule has 4 heteroatoms. The quantitative estimate of drug-likeness (QED) is 0.615. The Kier molecular flexibility index (Phi) is 4.68. The SMILES string of the molecule is COC(=O)/C=C/c1ccc(C2NC(C)(C)CC3=C2Cc2ccccc23)c(F)c1. The molecule has 4 rings (SSSR count). The number of nitrogens with one attached hydrogen (secondary N) is 1. The molecule has 2 aromatic carbocycles. The second-order valence-corrected chi connectivity index (χ2v) is 8.11. The number of rotatable bonds is 3. The first-order valence-corrected chi connectivity index (χ1v) is 9.51. The zero-order valence-electron chi connectivity index (χ0n) is 16.4. The van der Waals surface area contributed by atoms with Crippen molar-refractivity contribution in [1.29, 1.82) is 0 Å². The van der Waals surface area contributed by atoms with Crippen LogP contribution in [0.15, 0.2) is 54.1 Å². The molecule has 3 nitrogen and oxygen atoms in total. The minimum atomic E-state index is -0.460. The average Bonchev–Trinajstić information content (AvgIpc) is 3.03. The lowest BCUT2D eigenvalue weighted by Crippen LogP contribution is -2.45. The third-order valence-corrected chi connectivity index (χ3v) is 5.56. The summed E-state index contributed by atoms with van der Waals surface area (Å²) in [7, 11) is 1.32. The van der Waals surface area contributed by atoms with Crippen LogP contribution in [0.1, 0.15) is 48.6 Å². The molecule has 1 N–H and O–H groups in total. The largest absolute Gasteiger partial charge is 0.466 e. The van der Waals surface area contributed by atoms with Crippen molar-refractivity contribution in [3.05, 3.63) is 82.2 Å². The van der Waals surface area contributed by atoms with Crippen molar-refractivity contribution in [2.45, 2.75) is 38.3 Å². The topological polar surface area (TPSA) is 38.3 Å². The van der Waals surface area contributed by atoms with Crippen LogP contribution in [0.25, 0.3) is 11.6 Å². The zero-order valence-corrected chi connectivity index (χ0v) is 16.4. The van der Waals surface area contributed by atoms with Crippen LogP contribution in [-0.2, 0) is 16.0 Å². The summed E-state index contributed by atoms with van der Waals surface area (Å²) in [5, 5.41) is 3.64. The van der Waals surface area contributed by atoms with Gasteiger partial charge in [-0.25, -0.2) is 9.18 Å². The molecule has 0 fully saturated rings. The summed E-state index contributed by atoms with van der Waals surface area (Å²) in [6.45, 7) is 4.33. The van der Waals surface area contributed by atoms with Gasteiger partial charge >= 0.3 is 5.97 Å². The molecule has 0 saturated heterocycles. The van der Waals surface area contributed by atoms with Crippen molar-refractivity contribution in [1.82, 2.24) is 5.32 Å². The highest BCUT2D eigenvalue weighted by atomic mass is 19.1. The van der Waals surface area contributed by atoms with Crippen LogP contribution in [0, 0.1) is 5.82 Å². The number of benzene rings is 2. The molecule has 28 heavy (non-hydrogen) atoms. The Hall–Kier alpha value is -2.72. The molecule has 0 amide bonds. The van der Waals surface area contributed by atoms with Gasteiger partial charge in [-0.1, -0.05) is 36.4 Å². The van der Waals surface area contributed by atoms with Gasteiger partial charge in [0.05, 0.1) is 13.2 Å². The number of esters is 1. The van der Waals surface area contributed by atoms with Gasteiger partial charge in [0, 0.05) is 17.2 Å². The number of hydrogen-bond acceptors (Lipinski definition) is 3. The fraction of sp³-hybridized carbons (Fsp3) is 0.292. The fourth-order valence-electron chi connectivity index (χ4n) is 4.29. The number of carbonyl (C=O) groups is 1. The Morgan fingerprint density at radius 2 is 2.04 bits per heavy atom. The van der Waals surface area contributed by atoms with Crippen LogP contribution < -0.4 is 5.32 Å². The van der Waals surface area contributed by atoms with Gasteiger partial charge in [0.15, 0.2) is 0 Å². The maximum Gasteiger partial charge on any atom is 0.330 e. The molecule has 1 aliphatic carbocycles. The predicted octanol–water partition coefficient (Wildman–Crippen LogP) is 4.83. The van der Waals surface area contributed by atoms with Gasteiger partial charge in [0.1, 0.15) is 5.82 Å². The van der Waals surface area contributed by atoms with Crippen molar-refractivity contribution in [2.75, 3.05) is 7.11 Å². The smallest absolute Gasteiger partial charge is 0.330 e. The molecule has 1 atom stereocenters. The molecule has 0 aromatic heterocycles. The maximum absolute atomic E-state index is 15.1. The molecule has 1 aliphatic heterocycles. The van der Waals surface area contributed by atoms with E-state index >= 15 is 4.39 Å². The van der Waals surface area contributed by atoms with E-state index in [4.69, 9.17) is 0 Å². The number of ether oxygens (including phenoxy) is 1. The monoisotopic (exact) mass is 377 g/mol. The van der Waals surface area contributed by atoms with Gasteiger partial charge in [-0.2, -0.15) is 0 Å². The zero-order chi connectivity index (χ0) is 19.9. The van der Waals surface area contributed by atoms with E-state index in [0.717, 1.165) is 12.8 Å². The highest BCUT2D eigenvalue weighted by molar-refractivity contribution is 5.87. The van der Waals surface area contributed by atoms with Crippen molar-refractivity contribution in [3.8, 4) is 0 Å². The molecule has 2 aromatic rings. The first kappa shape index (κ1) is 18.6. The number of hydrogen-bond donors (Lipinski definition) is 1. The Balaban J connectivity index is 1.71. The Morgan fingerprint density at radius 1 is 1.25 bits per heavy atom. The lowest BCUT2D eigenvalue weighted by molar-refractivity contribution is -0.134. The summed E-state index contributed by atoms with van der Waals surface area (Å²) in [5.41, 5.74) is 6.37. The molecule has 0 bridgehead atoms. The van der Waals surface area contributed by atoms with E-state index in [1.54, 1.807) is 6.08 Å². The van der Waals surface area contributed by atoms with E-state index in [2.05, 4.69) is 48.2 Å². The molecule has 0 radical (unpaired) electrons. The summed E-state index contributed by atoms with van der Waals surface area (Å²) in [4.78, 5) is 11.3. The van der Waals surface area contributed by atoms with Crippen LogP contribution in [-0.4, -0.2) is 18.6 Å². The third kappa shape index (κ3) is 3.40. The van der Waals surface area contributed by atoms with E-state index < -0.39 is 5.97 Å². The molecular weight excluding hydrogens is 353 g/mol. The van der Waals surface area contributed by atoms with Crippen LogP contribution in [0.5, 0.6) is 0 Å². The lowest BCUT2D eigenvalue weighted by Gasteiger charge is -2.39. The summed E-state index contributed by atoms with van der Waals surface area (Å²) < 4.78 is 19.7. The number of halogens is 1. The van der Waals surface area contributed by atoms with E-state index in [9.17, 15) is 4.79 Å². The summed E-state index contributed by atoms with van der Waals surface area (Å²) in [6.07, 6.45) is 4.64. The summed E-state index contributed by atoms with van der Waals surface area (Å²) >= 11 is 0. The van der Waals surface area contributed by atoms with Crippen LogP contribution in [0.4, 0.5) is 4.39 Å². The maximum atomic E-state index is 15.1. The highest BCUT2D eigenvalue weighted by Gasteiger charge is 2.38. The van der Waals surface area contributed by atoms with Crippen LogP contribution >= 0.6 is 0 Å². The first-order chi connectivity index (χ1) is 13.4. The van der Waals surface area contributed by atoms with Crippen molar-refractivity contribution in [2.24, 2.45) is 0 Å². The summed E-state index contributed by atoms with van der Waals surface area (Å²) in [6, 6.07) is 13.4. The Bertz CT molecular complexity index is 1000. The third-order valence-electron chi connectivity index (χ3n) is 5.56. The molecule has 144 valence electrons. The number of methoxy groups -OCH3 is 1. The van der Waals surface area contributed by atoms with Gasteiger partial charge in [-0.15, -0.1) is 0 Å². The Morgan fingerprint density at radius 3 is 2.79 bits per heavy atom. The average molecular weight is 377 g/mol. The van der Waals surface area contributed by atoms with E-state index in [-0.39, 0.29) is 17.4 Å². The minimum Gasteiger partial charge on any atom is -0.466 e. The lowest BCUT2D eigenvalue weighted by atomic mass is 9.81. The van der Waals surface area contributed by atoms with E-state index in [1.165, 1.54) is 41.5 Å². The Labute approximate surface area is 164 Å². The second-order valence-electron chi connectivity index (χ2n) is 8.11. The fourth-order valence-corrected chi connectivity index (χ4v) is 4.29. The second kappa shape index (κ2) is 7.02. The van der Waals surface area contributed by atoms with E-state index in [0.29, 0.717) is 11.1 Å². The van der Waals surface area contributed by atoms with Gasteiger partial charge in [0.2, 0.25) is 0 Å². The van der Waals surface area contributed by atoms with Gasteiger partial charge < -0.3 is 10.1 Å². The van der Waals surface area contributed by atoms with Crippen molar-refractivity contribution in [3.63, 3.8) is 0 Å². The van der Waals surface area contributed by atoms with Gasteiger partial charge in [-0.05, 0) is 66.7 Å². The van der Waals surface area contributed by atoms with Crippen molar-refractivity contribution >= 4 is 17.6 Å². The molecule has 0 saturated carbocycles. The normalized spacial score (nSPS) is 20.2. The molecule has 0 spiro atoms. The predicted molar refractivity (Wildman–Crippen MR) is 109 cm³/mol. The van der Waals surface area contributed by atoms with Crippen LogP contribution in [0.3, 0.4) is 0 Å². The number of carbonyl (C=O) groups excluding carboxylic acids is 1. The molecule has 1 unspecified atom stereocenters. The molecule has 1 heterocycles. The molecule has 2 aliphatic rings. The van der Waals surface area contributed by atoms with Gasteiger partial charge in [0.25, 0.3) is 0 Å². The summed E-state index contributed by atoms with van der Waals surface area (Å²) in [5.74, 6) is -0.733. The first-order valence-electron chi connectivity index (χ1n) is 9.51.